The Morgan fingerprint density at radius 2 is 1.87 bits per heavy atom. The Morgan fingerprint density at radius 3 is 2.43 bits per heavy atom. The first-order valence-electron chi connectivity index (χ1n) is 7.36. The molecule has 3 N–H and O–H groups in total. The van der Waals surface area contributed by atoms with E-state index in [4.69, 9.17) is 5.11 Å². The van der Waals surface area contributed by atoms with Crippen LogP contribution in [0.4, 0.5) is 16.2 Å². The number of carbonyl (C=O) groups is 3. The number of rotatable bonds is 6. The van der Waals surface area contributed by atoms with Gasteiger partial charge in [0.15, 0.2) is 0 Å². The number of amides is 3. The molecule has 1 aromatic carbocycles. The number of hydrogen-bond acceptors (Lipinski definition) is 3. The fourth-order valence-corrected chi connectivity index (χ4v) is 1.70. The molecule has 7 nitrogen and oxygen atoms in total. The molecular formula is C16H23N3O4. The van der Waals surface area contributed by atoms with Gasteiger partial charge < -0.3 is 20.6 Å². The second kappa shape index (κ2) is 8.17. The highest BCUT2D eigenvalue weighted by molar-refractivity contribution is 5.94. The topological polar surface area (TPSA) is 98.7 Å². The molecule has 0 heterocycles. The fourth-order valence-electron chi connectivity index (χ4n) is 1.70. The molecule has 0 saturated carbocycles. The normalized spacial score (nSPS) is 10.3. The minimum atomic E-state index is -0.959. The molecule has 1 rings (SSSR count). The van der Waals surface area contributed by atoms with Crippen molar-refractivity contribution in [2.45, 2.75) is 27.2 Å². The third-order valence-corrected chi connectivity index (χ3v) is 3.28. The van der Waals surface area contributed by atoms with Crippen LogP contribution in [-0.2, 0) is 9.59 Å². The molecule has 0 aliphatic carbocycles. The van der Waals surface area contributed by atoms with E-state index in [0.29, 0.717) is 11.4 Å². The van der Waals surface area contributed by atoms with Crippen LogP contribution in [0.15, 0.2) is 18.2 Å². The summed E-state index contributed by atoms with van der Waals surface area (Å²) in [5, 5.41) is 14.1. The van der Waals surface area contributed by atoms with Crippen molar-refractivity contribution in [1.82, 2.24) is 4.90 Å². The Hall–Kier alpha value is -2.57. The molecule has 0 fully saturated rings. The van der Waals surface area contributed by atoms with Crippen molar-refractivity contribution < 1.29 is 19.5 Å². The van der Waals surface area contributed by atoms with E-state index in [1.165, 1.54) is 11.9 Å². The van der Waals surface area contributed by atoms with Gasteiger partial charge in [-0.15, -0.1) is 0 Å². The van der Waals surface area contributed by atoms with E-state index in [-0.39, 0.29) is 24.8 Å². The van der Waals surface area contributed by atoms with Crippen LogP contribution >= 0.6 is 0 Å². The number of nitrogens with one attached hydrogen (secondary N) is 2. The lowest BCUT2D eigenvalue weighted by Gasteiger charge is -2.18. The summed E-state index contributed by atoms with van der Waals surface area (Å²) in [4.78, 5) is 35.6. The van der Waals surface area contributed by atoms with Crippen LogP contribution in [0.2, 0.25) is 0 Å². The van der Waals surface area contributed by atoms with Gasteiger partial charge in [-0.25, -0.2) is 4.79 Å². The molecule has 0 bridgehead atoms. The van der Waals surface area contributed by atoms with E-state index in [1.807, 2.05) is 6.92 Å². The lowest BCUT2D eigenvalue weighted by molar-refractivity contribution is -0.137. The van der Waals surface area contributed by atoms with Crippen molar-refractivity contribution in [3.63, 3.8) is 0 Å². The summed E-state index contributed by atoms with van der Waals surface area (Å²) in [6.45, 7) is 5.54. The SMILES string of the molecule is Cc1ccc(NC(=O)C(C)C)cc1NC(=O)N(C)CCC(=O)O. The van der Waals surface area contributed by atoms with Crippen LogP contribution in [0.3, 0.4) is 0 Å². The third-order valence-electron chi connectivity index (χ3n) is 3.28. The molecule has 0 aliphatic heterocycles. The Kier molecular flexibility index (Phi) is 6.56. The zero-order chi connectivity index (χ0) is 17.6. The number of carbonyl (C=O) groups excluding carboxylic acids is 2. The predicted molar refractivity (Wildman–Crippen MR) is 88.5 cm³/mol. The molecule has 0 spiro atoms. The predicted octanol–water partition coefficient (Wildman–Crippen LogP) is 2.53. The minimum absolute atomic E-state index is 0.107. The van der Waals surface area contributed by atoms with Crippen LogP contribution < -0.4 is 10.6 Å². The van der Waals surface area contributed by atoms with Gasteiger partial charge in [-0.2, -0.15) is 0 Å². The second-order valence-electron chi connectivity index (χ2n) is 5.67. The summed E-state index contributed by atoms with van der Waals surface area (Å²) in [5.41, 5.74) is 2.00. The Morgan fingerprint density at radius 1 is 1.22 bits per heavy atom. The highest BCUT2D eigenvalue weighted by Gasteiger charge is 2.13. The average Bonchev–Trinajstić information content (AvgIpc) is 2.47. The Bertz CT molecular complexity index is 599. The van der Waals surface area contributed by atoms with Crippen molar-refractivity contribution in [3.05, 3.63) is 23.8 Å². The van der Waals surface area contributed by atoms with E-state index in [9.17, 15) is 14.4 Å². The quantitative estimate of drug-likeness (QED) is 0.749. The van der Waals surface area contributed by atoms with Crippen molar-refractivity contribution in [2.24, 2.45) is 5.92 Å². The summed E-state index contributed by atoms with van der Waals surface area (Å²) < 4.78 is 0. The first-order valence-corrected chi connectivity index (χ1v) is 7.36. The zero-order valence-corrected chi connectivity index (χ0v) is 13.8. The molecule has 126 valence electrons. The molecule has 0 aromatic heterocycles. The van der Waals surface area contributed by atoms with E-state index in [1.54, 1.807) is 32.0 Å². The van der Waals surface area contributed by atoms with Crippen LogP contribution in [0, 0.1) is 12.8 Å². The maximum atomic E-state index is 12.1. The number of nitrogens with zero attached hydrogens (tertiary/aromatic N) is 1. The number of aryl methyl sites for hydroxylation is 1. The van der Waals surface area contributed by atoms with Gasteiger partial charge in [0, 0.05) is 30.9 Å². The van der Waals surface area contributed by atoms with E-state index >= 15 is 0 Å². The minimum Gasteiger partial charge on any atom is -0.481 e. The molecule has 7 heteroatoms. The smallest absolute Gasteiger partial charge is 0.321 e. The maximum absolute atomic E-state index is 12.1. The number of benzene rings is 1. The van der Waals surface area contributed by atoms with Crippen molar-refractivity contribution in [2.75, 3.05) is 24.2 Å². The van der Waals surface area contributed by atoms with Gasteiger partial charge in [0.05, 0.1) is 6.42 Å². The Balaban J connectivity index is 2.77. The molecule has 0 saturated heterocycles. The fraction of sp³-hybridized carbons (Fsp3) is 0.438. The first kappa shape index (κ1) is 18.5. The standard InChI is InChI=1S/C16H23N3O4/c1-10(2)15(22)17-12-6-5-11(3)13(9-12)18-16(23)19(4)8-7-14(20)21/h5-6,9-10H,7-8H2,1-4H3,(H,17,22)(H,18,23)(H,20,21). The first-order chi connectivity index (χ1) is 10.7. The number of carboxylic acid groups (broad SMARTS) is 1. The van der Waals surface area contributed by atoms with E-state index < -0.39 is 12.0 Å². The lowest BCUT2D eigenvalue weighted by atomic mass is 10.1. The summed E-state index contributed by atoms with van der Waals surface area (Å²) in [7, 11) is 1.53. The zero-order valence-electron chi connectivity index (χ0n) is 13.8. The molecule has 3 amide bonds. The molecule has 0 aliphatic rings. The number of anilines is 2. The van der Waals surface area contributed by atoms with Gasteiger partial charge in [0.25, 0.3) is 0 Å². The molecule has 1 aromatic rings. The van der Waals surface area contributed by atoms with E-state index in [2.05, 4.69) is 10.6 Å². The molecule has 23 heavy (non-hydrogen) atoms. The van der Waals surface area contributed by atoms with Gasteiger partial charge in [-0.05, 0) is 24.6 Å². The number of aliphatic carboxylic acids is 1. The monoisotopic (exact) mass is 321 g/mol. The lowest BCUT2D eigenvalue weighted by Crippen LogP contribution is -2.33. The van der Waals surface area contributed by atoms with E-state index in [0.717, 1.165) is 5.56 Å². The molecular weight excluding hydrogens is 298 g/mol. The molecule has 0 atom stereocenters. The van der Waals surface area contributed by atoms with Crippen LogP contribution in [0.25, 0.3) is 0 Å². The van der Waals surface area contributed by atoms with Crippen LogP contribution in [0.1, 0.15) is 25.8 Å². The summed E-state index contributed by atoms with van der Waals surface area (Å²) >= 11 is 0. The Labute approximate surface area is 135 Å². The van der Waals surface area contributed by atoms with Crippen LogP contribution in [0.5, 0.6) is 0 Å². The molecule has 0 radical (unpaired) electrons. The number of carboxylic acids is 1. The van der Waals surface area contributed by atoms with Gasteiger partial charge >= 0.3 is 12.0 Å². The highest BCUT2D eigenvalue weighted by Crippen LogP contribution is 2.21. The van der Waals surface area contributed by atoms with Gasteiger partial charge in [0.2, 0.25) is 5.91 Å². The van der Waals surface area contributed by atoms with Gasteiger partial charge in [0.1, 0.15) is 0 Å². The van der Waals surface area contributed by atoms with Crippen molar-refractivity contribution in [3.8, 4) is 0 Å². The second-order valence-corrected chi connectivity index (χ2v) is 5.67. The van der Waals surface area contributed by atoms with Gasteiger partial charge in [-0.3, -0.25) is 9.59 Å². The summed E-state index contributed by atoms with van der Waals surface area (Å²) in [5.74, 6) is -1.21. The van der Waals surface area contributed by atoms with Crippen molar-refractivity contribution in [1.29, 1.82) is 0 Å². The largest absolute Gasteiger partial charge is 0.481 e. The van der Waals surface area contributed by atoms with Gasteiger partial charge in [-0.1, -0.05) is 19.9 Å². The molecule has 0 unspecified atom stereocenters. The average molecular weight is 321 g/mol. The number of hydrogen-bond donors (Lipinski definition) is 3. The maximum Gasteiger partial charge on any atom is 0.321 e. The van der Waals surface area contributed by atoms with Crippen LogP contribution in [-0.4, -0.2) is 41.5 Å². The third kappa shape index (κ3) is 5.98. The summed E-state index contributed by atoms with van der Waals surface area (Å²) in [6.07, 6.45) is -0.118. The summed E-state index contributed by atoms with van der Waals surface area (Å²) in [6, 6.07) is 4.84. The number of urea groups is 1. The highest BCUT2D eigenvalue weighted by atomic mass is 16.4. The van der Waals surface area contributed by atoms with Crippen molar-refractivity contribution >= 4 is 29.3 Å².